The number of nitrogens with zero attached hydrogens (tertiary/aromatic N) is 3. The summed E-state index contributed by atoms with van der Waals surface area (Å²) < 4.78 is 13.5. The van der Waals surface area contributed by atoms with Gasteiger partial charge in [-0.2, -0.15) is 0 Å². The average molecular weight is 254 g/mol. The van der Waals surface area contributed by atoms with Crippen molar-refractivity contribution in [2.24, 2.45) is 0 Å². The van der Waals surface area contributed by atoms with E-state index in [4.69, 9.17) is 0 Å². The van der Waals surface area contributed by atoms with Crippen LogP contribution in [-0.4, -0.2) is 15.0 Å². The molecular weight excluding hydrogens is 243 g/mol. The number of anilines is 1. The molecule has 0 atom stereocenters. The van der Waals surface area contributed by atoms with Gasteiger partial charge in [0.15, 0.2) is 5.65 Å². The first-order chi connectivity index (χ1) is 9.33. The maximum atomic E-state index is 13.5. The number of hydrogen-bond donors (Lipinski definition) is 1. The van der Waals surface area contributed by atoms with E-state index in [9.17, 15) is 4.39 Å². The lowest BCUT2D eigenvalue weighted by Gasteiger charge is -2.06. The third-order valence-electron chi connectivity index (χ3n) is 2.75. The summed E-state index contributed by atoms with van der Waals surface area (Å²) in [5.41, 5.74) is 1.91. The molecule has 3 aromatic rings. The summed E-state index contributed by atoms with van der Waals surface area (Å²) in [5, 5.41) is 3.08. The van der Waals surface area contributed by atoms with Crippen molar-refractivity contribution in [3.63, 3.8) is 0 Å². The van der Waals surface area contributed by atoms with E-state index >= 15 is 0 Å². The zero-order valence-electron chi connectivity index (χ0n) is 10.0. The van der Waals surface area contributed by atoms with E-state index < -0.39 is 0 Å². The van der Waals surface area contributed by atoms with Crippen LogP contribution in [0.4, 0.5) is 10.2 Å². The Balaban J connectivity index is 1.80. The van der Waals surface area contributed by atoms with Crippen LogP contribution in [0, 0.1) is 5.82 Å². The third-order valence-corrected chi connectivity index (χ3v) is 2.75. The molecule has 0 saturated carbocycles. The Morgan fingerprint density at radius 1 is 1.00 bits per heavy atom. The smallest absolute Gasteiger partial charge is 0.180 e. The Kier molecular flexibility index (Phi) is 3.02. The van der Waals surface area contributed by atoms with Crippen molar-refractivity contribution in [2.45, 2.75) is 6.54 Å². The first-order valence-corrected chi connectivity index (χ1v) is 5.88. The number of pyridine rings is 1. The number of nitrogens with one attached hydrogen (secondary N) is 1. The lowest BCUT2D eigenvalue weighted by atomic mass is 10.2. The summed E-state index contributed by atoms with van der Waals surface area (Å²) >= 11 is 0. The summed E-state index contributed by atoms with van der Waals surface area (Å²) in [6.45, 7) is 0.380. The van der Waals surface area contributed by atoms with Crippen LogP contribution in [0.1, 0.15) is 5.56 Å². The predicted octanol–water partition coefficient (Wildman–Crippen LogP) is 2.78. The predicted molar refractivity (Wildman–Crippen MR) is 71.1 cm³/mol. The molecule has 0 aliphatic heterocycles. The van der Waals surface area contributed by atoms with E-state index in [1.165, 1.54) is 6.07 Å². The number of benzene rings is 1. The van der Waals surface area contributed by atoms with Crippen molar-refractivity contribution in [3.05, 3.63) is 60.2 Å². The zero-order valence-corrected chi connectivity index (χ0v) is 10.0. The Bertz CT molecular complexity index is 714. The number of halogens is 1. The molecule has 1 N–H and O–H groups in total. The first-order valence-electron chi connectivity index (χ1n) is 5.88. The van der Waals surface area contributed by atoms with Crippen LogP contribution in [0.2, 0.25) is 0 Å². The van der Waals surface area contributed by atoms with Gasteiger partial charge in [0.2, 0.25) is 0 Å². The summed E-state index contributed by atoms with van der Waals surface area (Å²) in [4.78, 5) is 12.6. The van der Waals surface area contributed by atoms with Gasteiger partial charge in [0.1, 0.15) is 17.2 Å². The quantitative estimate of drug-likeness (QED) is 0.780. The molecular formula is C14H11FN4. The van der Waals surface area contributed by atoms with Crippen molar-refractivity contribution in [1.29, 1.82) is 0 Å². The fourth-order valence-electron chi connectivity index (χ4n) is 1.78. The summed E-state index contributed by atoms with van der Waals surface area (Å²) in [5.74, 6) is 0.423. The molecule has 1 aromatic carbocycles. The summed E-state index contributed by atoms with van der Waals surface area (Å²) in [6, 6.07) is 10.3. The van der Waals surface area contributed by atoms with Crippen molar-refractivity contribution in [1.82, 2.24) is 15.0 Å². The molecule has 0 unspecified atom stereocenters. The first kappa shape index (κ1) is 11.5. The number of aromatic nitrogens is 3. The molecule has 0 aliphatic rings. The fraction of sp³-hybridized carbons (Fsp3) is 0.0714. The van der Waals surface area contributed by atoms with Crippen molar-refractivity contribution >= 4 is 17.0 Å². The largest absolute Gasteiger partial charge is 0.366 e. The number of hydrogen-bond acceptors (Lipinski definition) is 4. The van der Waals surface area contributed by atoms with Gasteiger partial charge in [0.25, 0.3) is 0 Å². The molecule has 5 heteroatoms. The van der Waals surface area contributed by atoms with Crippen LogP contribution in [0.3, 0.4) is 0 Å². The third kappa shape index (κ3) is 2.49. The van der Waals surface area contributed by atoms with E-state index in [1.807, 2.05) is 6.07 Å². The molecule has 3 rings (SSSR count). The molecule has 0 saturated heterocycles. The molecule has 0 bridgehead atoms. The van der Waals surface area contributed by atoms with Crippen LogP contribution in [0.5, 0.6) is 0 Å². The van der Waals surface area contributed by atoms with E-state index in [1.54, 1.807) is 36.7 Å². The van der Waals surface area contributed by atoms with E-state index in [-0.39, 0.29) is 5.82 Å². The van der Waals surface area contributed by atoms with Gasteiger partial charge in [0.05, 0.1) is 0 Å². The lowest BCUT2D eigenvalue weighted by Crippen LogP contribution is -2.03. The minimum absolute atomic E-state index is 0.226. The minimum Gasteiger partial charge on any atom is -0.366 e. The molecule has 0 radical (unpaired) electrons. The second kappa shape index (κ2) is 4.97. The number of rotatable bonds is 3. The van der Waals surface area contributed by atoms with E-state index in [2.05, 4.69) is 20.3 Å². The Morgan fingerprint density at radius 3 is 2.74 bits per heavy atom. The normalized spacial score (nSPS) is 10.6. The minimum atomic E-state index is -0.226. The average Bonchev–Trinajstić information content (AvgIpc) is 2.46. The molecule has 0 fully saturated rings. The van der Waals surface area contributed by atoms with Crippen molar-refractivity contribution in [3.8, 4) is 0 Å². The second-order valence-electron chi connectivity index (χ2n) is 4.04. The highest BCUT2D eigenvalue weighted by molar-refractivity contribution is 5.71. The van der Waals surface area contributed by atoms with Crippen LogP contribution < -0.4 is 5.32 Å². The number of fused-ring (bicyclic) bond motifs is 1. The Labute approximate surface area is 109 Å². The lowest BCUT2D eigenvalue weighted by molar-refractivity contribution is 0.613. The van der Waals surface area contributed by atoms with Gasteiger partial charge >= 0.3 is 0 Å². The highest BCUT2D eigenvalue weighted by Crippen LogP contribution is 2.12. The van der Waals surface area contributed by atoms with Crippen molar-refractivity contribution in [2.75, 3.05) is 5.32 Å². The van der Waals surface area contributed by atoms with Gasteiger partial charge in [-0.1, -0.05) is 18.2 Å². The van der Waals surface area contributed by atoms with E-state index in [0.717, 1.165) is 5.52 Å². The van der Waals surface area contributed by atoms with Crippen LogP contribution in [0.25, 0.3) is 11.2 Å². The van der Waals surface area contributed by atoms with Crippen LogP contribution in [0.15, 0.2) is 48.8 Å². The molecule has 0 aliphatic carbocycles. The highest BCUT2D eigenvalue weighted by atomic mass is 19.1. The van der Waals surface area contributed by atoms with Gasteiger partial charge in [-0.05, 0) is 18.2 Å². The molecule has 0 spiro atoms. The zero-order chi connectivity index (χ0) is 13.1. The fourth-order valence-corrected chi connectivity index (χ4v) is 1.78. The standard InChI is InChI=1S/C14H11FN4/c15-11-4-2-1-3-10(11)9-18-13-6-5-12-14(19-13)17-8-7-16-12/h1-8H,9H2,(H,17,18,19). The van der Waals surface area contributed by atoms with Gasteiger partial charge in [-0.3, -0.25) is 4.98 Å². The van der Waals surface area contributed by atoms with Gasteiger partial charge in [-0.25, -0.2) is 14.4 Å². The highest BCUT2D eigenvalue weighted by Gasteiger charge is 2.02. The maximum absolute atomic E-state index is 13.5. The van der Waals surface area contributed by atoms with Crippen molar-refractivity contribution < 1.29 is 4.39 Å². The topological polar surface area (TPSA) is 50.7 Å². The summed E-state index contributed by atoms with van der Waals surface area (Å²) in [7, 11) is 0. The monoisotopic (exact) mass is 254 g/mol. The van der Waals surface area contributed by atoms with Gasteiger partial charge < -0.3 is 5.32 Å². The van der Waals surface area contributed by atoms with Gasteiger partial charge in [-0.15, -0.1) is 0 Å². The molecule has 2 aromatic heterocycles. The van der Waals surface area contributed by atoms with Crippen LogP contribution in [-0.2, 0) is 6.54 Å². The van der Waals surface area contributed by atoms with Crippen LogP contribution >= 0.6 is 0 Å². The summed E-state index contributed by atoms with van der Waals surface area (Å²) in [6.07, 6.45) is 3.21. The van der Waals surface area contributed by atoms with E-state index in [0.29, 0.717) is 23.6 Å². The Morgan fingerprint density at radius 2 is 1.84 bits per heavy atom. The molecule has 4 nitrogen and oxygen atoms in total. The molecule has 2 heterocycles. The molecule has 94 valence electrons. The Hall–Kier alpha value is -2.56. The molecule has 0 amide bonds. The van der Waals surface area contributed by atoms with Gasteiger partial charge in [0, 0.05) is 24.5 Å². The SMILES string of the molecule is Fc1ccccc1CNc1ccc2nccnc2n1. The second-order valence-corrected chi connectivity index (χ2v) is 4.04. The molecule has 19 heavy (non-hydrogen) atoms. The maximum Gasteiger partial charge on any atom is 0.180 e.